The van der Waals surface area contributed by atoms with Crippen molar-refractivity contribution in [2.75, 3.05) is 13.7 Å². The van der Waals surface area contributed by atoms with Crippen LogP contribution < -0.4 is 5.73 Å². The second-order valence-corrected chi connectivity index (χ2v) is 10.1. The van der Waals surface area contributed by atoms with Crippen LogP contribution in [0.4, 0.5) is 0 Å². The van der Waals surface area contributed by atoms with E-state index in [0.717, 1.165) is 42.8 Å². The fraction of sp³-hybridized carbons (Fsp3) is 0.407. The average molecular weight is 537 g/mol. The standard InChI is InChI=1S/C27H32N6O4S/c1-4-5-6-8-17(2)10-11-23-31-32-25(37-23)21-14-18(13-20(30-21)24(28)34)27(35)33-12-7-9-22(33)26-29-19(15-36-3)16-38-26/h4,8,13-14,16,22H,1,5-7,9-12,15H2,2-3H3,(H2,28,34)/b17-8+. The monoisotopic (exact) mass is 536 g/mol. The molecule has 1 fully saturated rings. The Morgan fingerprint density at radius 3 is 2.89 bits per heavy atom. The third-order valence-electron chi connectivity index (χ3n) is 6.27. The van der Waals surface area contributed by atoms with E-state index in [2.05, 4.69) is 39.7 Å². The van der Waals surface area contributed by atoms with Gasteiger partial charge in [0.05, 0.1) is 18.3 Å². The van der Waals surface area contributed by atoms with Gasteiger partial charge in [0, 0.05) is 31.0 Å². The molecule has 1 saturated heterocycles. The van der Waals surface area contributed by atoms with E-state index in [4.69, 9.17) is 14.9 Å². The molecule has 0 radical (unpaired) electrons. The van der Waals surface area contributed by atoms with E-state index in [1.807, 2.05) is 11.5 Å². The molecular formula is C27H32N6O4S. The normalized spacial score (nSPS) is 15.7. The van der Waals surface area contributed by atoms with Crippen molar-refractivity contribution in [1.82, 2.24) is 25.1 Å². The van der Waals surface area contributed by atoms with E-state index in [1.165, 1.54) is 23.0 Å². The summed E-state index contributed by atoms with van der Waals surface area (Å²) >= 11 is 1.51. The summed E-state index contributed by atoms with van der Waals surface area (Å²) < 4.78 is 11.0. The molecule has 3 aromatic rings. The Bertz CT molecular complexity index is 1330. The highest BCUT2D eigenvalue weighted by atomic mass is 32.1. The quantitative estimate of drug-likeness (QED) is 0.261. The molecule has 2 N–H and O–H groups in total. The first-order valence-electron chi connectivity index (χ1n) is 12.5. The van der Waals surface area contributed by atoms with Gasteiger partial charge in [-0.05, 0) is 51.2 Å². The highest BCUT2D eigenvalue weighted by Crippen LogP contribution is 2.35. The minimum absolute atomic E-state index is 0.0426. The number of methoxy groups -OCH3 is 1. The SMILES string of the molecule is C=CCC/C=C(\C)CCc1nnc(-c2cc(C(=O)N3CCCC3c3nc(COC)cs3)cc(C(N)=O)n2)o1. The number of aryl methyl sites for hydroxylation is 1. The summed E-state index contributed by atoms with van der Waals surface area (Å²) in [6, 6.07) is 2.83. The molecule has 0 aromatic carbocycles. The number of primary amides is 1. The van der Waals surface area contributed by atoms with Crippen LogP contribution in [0.15, 0.2) is 46.2 Å². The molecule has 4 heterocycles. The van der Waals surface area contributed by atoms with Gasteiger partial charge in [0.15, 0.2) is 0 Å². The number of ether oxygens (including phenoxy) is 1. The molecule has 0 aliphatic carbocycles. The average Bonchev–Trinajstić information content (AvgIpc) is 3.68. The number of nitrogens with zero attached hydrogens (tertiary/aromatic N) is 5. The van der Waals surface area contributed by atoms with Crippen molar-refractivity contribution in [3.63, 3.8) is 0 Å². The van der Waals surface area contributed by atoms with Gasteiger partial charge < -0.3 is 19.8 Å². The van der Waals surface area contributed by atoms with E-state index in [0.29, 0.717) is 25.5 Å². The van der Waals surface area contributed by atoms with Crippen molar-refractivity contribution in [2.45, 2.75) is 58.1 Å². The lowest BCUT2D eigenvalue weighted by Crippen LogP contribution is -2.31. The molecule has 11 heteroatoms. The zero-order valence-electron chi connectivity index (χ0n) is 21.7. The number of likely N-dealkylation sites (tertiary alicyclic amines) is 1. The number of aromatic nitrogens is 4. The Kier molecular flexibility index (Phi) is 9.14. The summed E-state index contributed by atoms with van der Waals surface area (Å²) in [6.45, 7) is 6.80. The molecule has 1 atom stereocenters. The zero-order valence-corrected chi connectivity index (χ0v) is 22.5. The Labute approximate surface area is 225 Å². The second kappa shape index (κ2) is 12.7. The third kappa shape index (κ3) is 6.59. The molecule has 38 heavy (non-hydrogen) atoms. The van der Waals surface area contributed by atoms with Crippen LogP contribution in [-0.2, 0) is 17.8 Å². The van der Waals surface area contributed by atoms with Crippen LogP contribution in [0.5, 0.6) is 0 Å². The lowest BCUT2D eigenvalue weighted by molar-refractivity contribution is 0.0735. The summed E-state index contributed by atoms with van der Waals surface area (Å²) in [4.78, 5) is 36.4. The number of nitrogens with two attached hydrogens (primary N) is 1. The Morgan fingerprint density at radius 2 is 2.13 bits per heavy atom. The number of pyridine rings is 1. The fourth-order valence-electron chi connectivity index (χ4n) is 4.32. The van der Waals surface area contributed by atoms with Gasteiger partial charge in [-0.2, -0.15) is 0 Å². The summed E-state index contributed by atoms with van der Waals surface area (Å²) in [6.07, 6.45) is 8.94. The van der Waals surface area contributed by atoms with Crippen LogP contribution in [0.3, 0.4) is 0 Å². The largest absolute Gasteiger partial charge is 0.419 e. The summed E-state index contributed by atoms with van der Waals surface area (Å²) in [5, 5.41) is 11.0. The summed E-state index contributed by atoms with van der Waals surface area (Å²) in [5.74, 6) is -0.399. The number of hydrogen-bond acceptors (Lipinski definition) is 9. The maximum Gasteiger partial charge on any atom is 0.267 e. The van der Waals surface area contributed by atoms with Crippen molar-refractivity contribution < 1.29 is 18.7 Å². The second-order valence-electron chi connectivity index (χ2n) is 9.17. The van der Waals surface area contributed by atoms with Gasteiger partial charge in [-0.3, -0.25) is 9.59 Å². The highest BCUT2D eigenvalue weighted by Gasteiger charge is 2.33. The van der Waals surface area contributed by atoms with Crippen LogP contribution in [0.2, 0.25) is 0 Å². The molecule has 4 rings (SSSR count). The molecule has 1 unspecified atom stereocenters. The molecule has 10 nitrogen and oxygen atoms in total. The molecule has 3 aromatic heterocycles. The Morgan fingerprint density at radius 1 is 1.29 bits per heavy atom. The van der Waals surface area contributed by atoms with E-state index in [9.17, 15) is 9.59 Å². The first kappa shape index (κ1) is 27.3. The molecule has 0 spiro atoms. The van der Waals surface area contributed by atoms with Gasteiger partial charge in [0.1, 0.15) is 16.4 Å². The Balaban J connectivity index is 1.55. The number of carbonyl (C=O) groups excluding carboxylic acids is 2. The predicted molar refractivity (Wildman–Crippen MR) is 143 cm³/mol. The molecule has 2 amide bonds. The lowest BCUT2D eigenvalue weighted by atomic mass is 10.1. The van der Waals surface area contributed by atoms with Gasteiger partial charge in [0.25, 0.3) is 17.7 Å². The third-order valence-corrected chi connectivity index (χ3v) is 7.26. The van der Waals surface area contributed by atoms with Crippen molar-refractivity contribution in [2.24, 2.45) is 5.73 Å². The van der Waals surface area contributed by atoms with Crippen molar-refractivity contribution >= 4 is 23.2 Å². The summed E-state index contributed by atoms with van der Waals surface area (Å²) in [5.41, 5.74) is 8.08. The zero-order chi connectivity index (χ0) is 27.1. The first-order valence-corrected chi connectivity index (χ1v) is 13.4. The molecule has 1 aliphatic rings. The molecule has 0 saturated carbocycles. The van der Waals surface area contributed by atoms with E-state index < -0.39 is 5.91 Å². The van der Waals surface area contributed by atoms with E-state index in [1.54, 1.807) is 18.1 Å². The molecular weight excluding hydrogens is 504 g/mol. The van der Waals surface area contributed by atoms with Crippen molar-refractivity contribution in [3.8, 4) is 11.6 Å². The van der Waals surface area contributed by atoms with Crippen LogP contribution in [0, 0.1) is 0 Å². The summed E-state index contributed by atoms with van der Waals surface area (Å²) in [7, 11) is 1.62. The van der Waals surface area contributed by atoms with Gasteiger partial charge in [-0.1, -0.05) is 17.7 Å². The van der Waals surface area contributed by atoms with Crippen LogP contribution in [-0.4, -0.2) is 50.5 Å². The van der Waals surface area contributed by atoms with Gasteiger partial charge in [-0.15, -0.1) is 28.1 Å². The number of hydrogen-bond donors (Lipinski definition) is 1. The van der Waals surface area contributed by atoms with Gasteiger partial charge in [-0.25, -0.2) is 9.97 Å². The van der Waals surface area contributed by atoms with Crippen LogP contribution in [0.25, 0.3) is 11.6 Å². The van der Waals surface area contributed by atoms with Crippen molar-refractivity contribution in [3.05, 3.63) is 69.7 Å². The van der Waals surface area contributed by atoms with E-state index >= 15 is 0 Å². The fourth-order valence-corrected chi connectivity index (χ4v) is 5.27. The number of rotatable bonds is 12. The highest BCUT2D eigenvalue weighted by molar-refractivity contribution is 7.09. The lowest BCUT2D eigenvalue weighted by Gasteiger charge is -2.23. The number of allylic oxidation sites excluding steroid dienone is 3. The minimum Gasteiger partial charge on any atom is -0.419 e. The number of thiazole rings is 1. The topological polar surface area (TPSA) is 137 Å². The van der Waals surface area contributed by atoms with Crippen LogP contribution >= 0.6 is 11.3 Å². The molecule has 200 valence electrons. The number of unbranched alkanes of at least 4 members (excludes halogenated alkanes) is 1. The maximum absolute atomic E-state index is 13.6. The van der Waals surface area contributed by atoms with Crippen LogP contribution in [0.1, 0.15) is 82.5 Å². The maximum atomic E-state index is 13.6. The molecule has 1 aliphatic heterocycles. The first-order chi connectivity index (χ1) is 18.4. The van der Waals surface area contributed by atoms with Crippen molar-refractivity contribution in [1.29, 1.82) is 0 Å². The smallest absolute Gasteiger partial charge is 0.267 e. The van der Waals surface area contributed by atoms with Gasteiger partial charge in [0.2, 0.25) is 5.89 Å². The van der Waals surface area contributed by atoms with Gasteiger partial charge >= 0.3 is 0 Å². The number of amides is 2. The molecule has 0 bridgehead atoms. The Hall–Kier alpha value is -3.70. The van der Waals surface area contributed by atoms with E-state index in [-0.39, 0.29) is 34.8 Å². The predicted octanol–water partition coefficient (Wildman–Crippen LogP) is 4.66. The minimum atomic E-state index is -0.747. The number of carbonyl (C=O) groups is 2.